The summed E-state index contributed by atoms with van der Waals surface area (Å²) in [4.78, 5) is 19.8. The van der Waals surface area contributed by atoms with Crippen LogP contribution in [0.25, 0.3) is 33.5 Å². The Balaban J connectivity index is 1.89. The minimum Gasteiger partial charge on any atom is -0.478 e. The Morgan fingerprint density at radius 1 is 1.10 bits per heavy atom. The average molecular weight is 426 g/mol. The molecule has 2 heterocycles. The summed E-state index contributed by atoms with van der Waals surface area (Å²) < 4.78 is 39.2. The van der Waals surface area contributed by atoms with Crippen molar-refractivity contribution in [2.24, 2.45) is 0 Å². The number of aromatic nitrogens is 4. The Bertz CT molecular complexity index is 1410. The lowest BCUT2D eigenvalue weighted by atomic mass is 10.1. The van der Waals surface area contributed by atoms with E-state index in [1.807, 2.05) is 6.92 Å². The van der Waals surface area contributed by atoms with Gasteiger partial charge in [0.05, 0.1) is 17.3 Å². The maximum absolute atomic E-state index is 14.1. The number of carboxylic acids is 1. The Labute approximate surface area is 170 Å². The van der Waals surface area contributed by atoms with Crippen molar-refractivity contribution >= 4 is 26.9 Å². The summed E-state index contributed by atoms with van der Waals surface area (Å²) in [6.45, 7) is 1.84. The molecule has 10 heteroatoms. The first-order chi connectivity index (χ1) is 14.1. The van der Waals surface area contributed by atoms with Crippen LogP contribution in [0.1, 0.15) is 15.9 Å². The molecule has 4 rings (SSSR count). The van der Waals surface area contributed by atoms with E-state index in [1.165, 1.54) is 36.7 Å². The number of fused-ring (bicyclic) bond motifs is 1. The van der Waals surface area contributed by atoms with Crippen LogP contribution in [0.15, 0.2) is 48.8 Å². The zero-order valence-electron chi connectivity index (χ0n) is 15.9. The molecule has 8 nitrogen and oxygen atoms in total. The second kappa shape index (κ2) is 6.99. The number of carbonyl (C=O) groups is 1. The summed E-state index contributed by atoms with van der Waals surface area (Å²) in [6, 6.07) is 8.65. The monoisotopic (exact) mass is 426 g/mol. The Morgan fingerprint density at radius 2 is 1.80 bits per heavy atom. The lowest BCUT2D eigenvalue weighted by Crippen LogP contribution is -2.11. The van der Waals surface area contributed by atoms with Crippen molar-refractivity contribution in [1.29, 1.82) is 0 Å². The summed E-state index contributed by atoms with van der Waals surface area (Å²) in [5.41, 5.74) is 1.92. The van der Waals surface area contributed by atoms with Gasteiger partial charge in [-0.15, -0.1) is 0 Å². The van der Waals surface area contributed by atoms with Crippen LogP contribution in [0.5, 0.6) is 0 Å². The third-order valence-corrected chi connectivity index (χ3v) is 5.41. The molecule has 0 fully saturated rings. The van der Waals surface area contributed by atoms with Crippen LogP contribution < -0.4 is 0 Å². The number of benzene rings is 2. The van der Waals surface area contributed by atoms with Crippen molar-refractivity contribution < 1.29 is 22.7 Å². The quantitative estimate of drug-likeness (QED) is 0.533. The molecule has 30 heavy (non-hydrogen) atoms. The first-order valence-electron chi connectivity index (χ1n) is 8.71. The van der Waals surface area contributed by atoms with Gasteiger partial charge in [-0.3, -0.25) is 0 Å². The van der Waals surface area contributed by atoms with Crippen molar-refractivity contribution in [1.82, 2.24) is 19.2 Å². The smallest absolute Gasteiger partial charge is 0.335 e. The van der Waals surface area contributed by atoms with Gasteiger partial charge in [0.15, 0.2) is 5.82 Å². The Hall–Kier alpha value is -3.66. The van der Waals surface area contributed by atoms with Crippen molar-refractivity contribution in [3.05, 3.63) is 65.7 Å². The highest BCUT2D eigenvalue weighted by atomic mass is 32.2. The van der Waals surface area contributed by atoms with Gasteiger partial charge in [-0.1, -0.05) is 11.6 Å². The number of halogens is 1. The lowest BCUT2D eigenvalue weighted by Gasteiger charge is -2.05. The van der Waals surface area contributed by atoms with E-state index in [0.717, 1.165) is 15.9 Å². The molecule has 0 amide bonds. The number of hydrogen-bond donors (Lipinski definition) is 1. The van der Waals surface area contributed by atoms with Crippen LogP contribution in [0.4, 0.5) is 4.39 Å². The van der Waals surface area contributed by atoms with Crippen LogP contribution >= 0.6 is 0 Å². The van der Waals surface area contributed by atoms with Gasteiger partial charge in [-0.25, -0.2) is 27.6 Å². The molecule has 0 aliphatic heterocycles. The maximum atomic E-state index is 14.1. The molecule has 0 spiro atoms. The molecular weight excluding hydrogens is 411 g/mol. The van der Waals surface area contributed by atoms with Crippen molar-refractivity contribution in [3.8, 4) is 22.6 Å². The maximum Gasteiger partial charge on any atom is 0.335 e. The van der Waals surface area contributed by atoms with E-state index in [2.05, 4.69) is 15.1 Å². The minimum absolute atomic E-state index is 0.0322. The number of aryl methyl sites for hydroxylation is 1. The van der Waals surface area contributed by atoms with Gasteiger partial charge in [0.25, 0.3) is 10.0 Å². The predicted molar refractivity (Wildman–Crippen MR) is 108 cm³/mol. The first-order valence-corrected chi connectivity index (χ1v) is 10.6. The highest BCUT2D eigenvalue weighted by molar-refractivity contribution is 7.89. The summed E-state index contributed by atoms with van der Waals surface area (Å²) in [5.74, 6) is -1.50. The van der Waals surface area contributed by atoms with E-state index in [9.17, 15) is 22.7 Å². The molecule has 0 unspecified atom stereocenters. The van der Waals surface area contributed by atoms with E-state index >= 15 is 0 Å². The number of hydrogen-bond acceptors (Lipinski definition) is 6. The summed E-state index contributed by atoms with van der Waals surface area (Å²) in [5, 5.41) is 13.6. The van der Waals surface area contributed by atoms with Crippen LogP contribution in [-0.2, 0) is 10.0 Å². The standard InChI is InChI=1S/C20H15FN4O4S/c1-11-3-5-16(21)14(7-11)13-9-22-19(23-10-13)18-15-8-12(20(26)27)4-6-17(15)25(24-18)30(2,28)29/h3-10H,1-2H3,(H,26,27). The van der Waals surface area contributed by atoms with Crippen molar-refractivity contribution in [3.63, 3.8) is 0 Å². The summed E-state index contributed by atoms with van der Waals surface area (Å²) in [6.07, 6.45) is 3.80. The highest BCUT2D eigenvalue weighted by Gasteiger charge is 2.21. The van der Waals surface area contributed by atoms with Crippen molar-refractivity contribution in [2.45, 2.75) is 6.92 Å². The van der Waals surface area contributed by atoms with Gasteiger partial charge in [-0.05, 0) is 37.3 Å². The second-order valence-electron chi connectivity index (χ2n) is 6.77. The topological polar surface area (TPSA) is 115 Å². The van der Waals surface area contributed by atoms with Crippen LogP contribution in [-0.4, -0.2) is 44.9 Å². The van der Waals surface area contributed by atoms with Gasteiger partial charge in [0.1, 0.15) is 11.5 Å². The third-order valence-electron chi connectivity index (χ3n) is 4.51. The van der Waals surface area contributed by atoms with E-state index in [1.54, 1.807) is 12.1 Å². The fourth-order valence-corrected chi connectivity index (χ4v) is 3.84. The van der Waals surface area contributed by atoms with Crippen molar-refractivity contribution in [2.75, 3.05) is 6.26 Å². The third kappa shape index (κ3) is 3.41. The molecule has 2 aromatic heterocycles. The molecule has 0 bridgehead atoms. The number of nitrogens with zero attached hydrogens (tertiary/aromatic N) is 4. The fraction of sp³-hybridized carbons (Fsp3) is 0.100. The van der Waals surface area contributed by atoms with Gasteiger partial charge in [0, 0.05) is 28.9 Å². The zero-order valence-corrected chi connectivity index (χ0v) is 16.7. The summed E-state index contributed by atoms with van der Waals surface area (Å²) in [7, 11) is -3.76. The van der Waals surface area contributed by atoms with E-state index in [0.29, 0.717) is 11.1 Å². The largest absolute Gasteiger partial charge is 0.478 e. The molecule has 0 aliphatic carbocycles. The predicted octanol–water partition coefficient (Wildman–Crippen LogP) is 3.11. The minimum atomic E-state index is -3.76. The second-order valence-corrected chi connectivity index (χ2v) is 8.58. The first kappa shape index (κ1) is 19.6. The molecule has 4 aromatic rings. The molecule has 0 aliphatic rings. The fourth-order valence-electron chi connectivity index (χ4n) is 3.09. The van der Waals surface area contributed by atoms with Crippen LogP contribution in [0.3, 0.4) is 0 Å². The number of aromatic carboxylic acids is 1. The lowest BCUT2D eigenvalue weighted by molar-refractivity contribution is 0.0697. The Morgan fingerprint density at radius 3 is 2.43 bits per heavy atom. The van der Waals surface area contributed by atoms with E-state index in [-0.39, 0.29) is 28.0 Å². The average Bonchev–Trinajstić information content (AvgIpc) is 3.09. The Kier molecular flexibility index (Phi) is 4.58. The molecular formula is C20H15FN4O4S. The molecule has 152 valence electrons. The molecule has 1 N–H and O–H groups in total. The van der Waals surface area contributed by atoms with Crippen LogP contribution in [0.2, 0.25) is 0 Å². The SMILES string of the molecule is Cc1ccc(F)c(-c2cnc(-c3nn(S(C)(=O)=O)c4ccc(C(=O)O)cc34)nc2)c1. The normalized spacial score (nSPS) is 11.7. The molecule has 0 radical (unpaired) electrons. The van der Waals surface area contributed by atoms with E-state index < -0.39 is 21.8 Å². The number of rotatable bonds is 4. The zero-order chi connectivity index (χ0) is 21.6. The molecule has 0 saturated heterocycles. The summed E-state index contributed by atoms with van der Waals surface area (Å²) >= 11 is 0. The molecule has 0 atom stereocenters. The highest BCUT2D eigenvalue weighted by Crippen LogP contribution is 2.29. The van der Waals surface area contributed by atoms with Gasteiger partial charge in [0.2, 0.25) is 0 Å². The number of carboxylic acid groups (broad SMARTS) is 1. The van der Waals surface area contributed by atoms with Gasteiger partial charge < -0.3 is 5.11 Å². The molecule has 0 saturated carbocycles. The molecule has 2 aromatic carbocycles. The van der Waals surface area contributed by atoms with Gasteiger partial charge in [-0.2, -0.15) is 9.19 Å². The van der Waals surface area contributed by atoms with Crippen LogP contribution in [0, 0.1) is 12.7 Å². The van der Waals surface area contributed by atoms with E-state index in [4.69, 9.17) is 0 Å². The van der Waals surface area contributed by atoms with Gasteiger partial charge >= 0.3 is 5.97 Å².